The minimum Gasteiger partial charge on any atom is -0.380 e. The van der Waals surface area contributed by atoms with Crippen LogP contribution in [0, 0.1) is 0 Å². The van der Waals surface area contributed by atoms with Crippen molar-refractivity contribution in [1.82, 2.24) is 4.90 Å². The van der Waals surface area contributed by atoms with Crippen molar-refractivity contribution in [1.29, 1.82) is 0 Å². The summed E-state index contributed by atoms with van der Waals surface area (Å²) >= 11 is 0. The number of hydrogen-bond acceptors (Lipinski definition) is 2. The van der Waals surface area contributed by atoms with Crippen LogP contribution in [0.3, 0.4) is 0 Å². The van der Waals surface area contributed by atoms with Crippen molar-refractivity contribution in [2.75, 3.05) is 26.8 Å². The summed E-state index contributed by atoms with van der Waals surface area (Å²) < 4.78 is 5.50. The molecule has 2 heteroatoms. The summed E-state index contributed by atoms with van der Waals surface area (Å²) in [5.74, 6) is 0. The van der Waals surface area contributed by atoms with Crippen molar-refractivity contribution in [3.63, 3.8) is 0 Å². The molecule has 0 spiro atoms. The van der Waals surface area contributed by atoms with Crippen LogP contribution in [0.15, 0.2) is 0 Å². The van der Waals surface area contributed by atoms with Crippen LogP contribution in [0.2, 0.25) is 0 Å². The van der Waals surface area contributed by atoms with Crippen LogP contribution in [0.25, 0.3) is 0 Å². The molecular formula is C9H19NO. The van der Waals surface area contributed by atoms with E-state index >= 15 is 0 Å². The lowest BCUT2D eigenvalue weighted by Crippen LogP contribution is -2.29. The molecule has 1 aliphatic heterocycles. The summed E-state index contributed by atoms with van der Waals surface area (Å²) in [6.45, 7) is 5.26. The number of hydrogen-bond donors (Lipinski definition) is 0. The fourth-order valence-corrected chi connectivity index (χ4v) is 1.55. The lowest BCUT2D eigenvalue weighted by atomic mass is 10.2. The second-order valence-corrected chi connectivity index (χ2v) is 3.35. The van der Waals surface area contributed by atoms with Crippen molar-refractivity contribution in [2.45, 2.75) is 32.2 Å². The molecule has 0 radical (unpaired) electrons. The Morgan fingerprint density at radius 1 is 1.55 bits per heavy atom. The molecule has 1 atom stereocenters. The molecule has 0 aromatic carbocycles. The van der Waals surface area contributed by atoms with Crippen molar-refractivity contribution >= 4 is 0 Å². The summed E-state index contributed by atoms with van der Waals surface area (Å²) in [5.41, 5.74) is 0. The summed E-state index contributed by atoms with van der Waals surface area (Å²) in [4.78, 5) is 2.40. The summed E-state index contributed by atoms with van der Waals surface area (Å²) in [6.07, 6.45) is 3.80. The Morgan fingerprint density at radius 2 is 2.36 bits per heavy atom. The van der Waals surface area contributed by atoms with Crippen molar-refractivity contribution in [3.8, 4) is 0 Å². The van der Waals surface area contributed by atoms with Gasteiger partial charge in [-0.25, -0.2) is 0 Å². The first-order chi connectivity index (χ1) is 5.34. The Labute approximate surface area is 69.5 Å². The normalized spacial score (nSPS) is 26.2. The first kappa shape index (κ1) is 9.01. The van der Waals surface area contributed by atoms with Gasteiger partial charge in [0.25, 0.3) is 0 Å². The third-order valence-electron chi connectivity index (χ3n) is 2.33. The highest BCUT2D eigenvalue weighted by Crippen LogP contribution is 2.14. The summed E-state index contributed by atoms with van der Waals surface area (Å²) in [5, 5.41) is 0. The second kappa shape index (κ2) is 4.73. The summed E-state index contributed by atoms with van der Waals surface area (Å²) in [7, 11) is 2.19. The predicted octanol–water partition coefficient (Wildman–Crippen LogP) is 1.51. The highest BCUT2D eigenvalue weighted by molar-refractivity contribution is 4.75. The molecular weight excluding hydrogens is 138 g/mol. The fraction of sp³-hybridized carbons (Fsp3) is 1.00. The Kier molecular flexibility index (Phi) is 3.87. The van der Waals surface area contributed by atoms with Crippen molar-refractivity contribution in [2.24, 2.45) is 0 Å². The van der Waals surface area contributed by atoms with Gasteiger partial charge in [0.1, 0.15) is 0 Å². The van der Waals surface area contributed by atoms with E-state index < -0.39 is 0 Å². The first-order valence-electron chi connectivity index (χ1n) is 4.62. The van der Waals surface area contributed by atoms with E-state index in [1.54, 1.807) is 0 Å². The minimum absolute atomic E-state index is 0.696. The molecule has 11 heavy (non-hydrogen) atoms. The lowest BCUT2D eigenvalue weighted by molar-refractivity contribution is 0.0863. The molecule has 0 aromatic heterocycles. The van der Waals surface area contributed by atoms with E-state index in [2.05, 4.69) is 18.9 Å². The molecule has 1 fully saturated rings. The third kappa shape index (κ3) is 2.80. The van der Waals surface area contributed by atoms with Crippen molar-refractivity contribution < 1.29 is 4.74 Å². The third-order valence-corrected chi connectivity index (χ3v) is 2.33. The number of nitrogens with zero attached hydrogens (tertiary/aromatic N) is 1. The van der Waals surface area contributed by atoms with E-state index in [1.165, 1.54) is 19.4 Å². The molecule has 0 saturated carbocycles. The van der Waals surface area contributed by atoms with Crippen LogP contribution < -0.4 is 0 Å². The van der Waals surface area contributed by atoms with Crippen LogP contribution in [0.4, 0.5) is 0 Å². The van der Waals surface area contributed by atoms with E-state index in [4.69, 9.17) is 4.74 Å². The van der Waals surface area contributed by atoms with Gasteiger partial charge in [-0.05, 0) is 32.9 Å². The molecule has 1 saturated heterocycles. The minimum atomic E-state index is 0.696. The Bertz CT molecular complexity index is 106. The highest BCUT2D eigenvalue weighted by atomic mass is 16.5. The average molecular weight is 157 g/mol. The zero-order valence-corrected chi connectivity index (χ0v) is 7.68. The molecule has 0 aliphatic carbocycles. The van der Waals surface area contributed by atoms with Crippen LogP contribution in [-0.2, 0) is 4.74 Å². The Balaban J connectivity index is 2.05. The molecule has 0 bridgehead atoms. The van der Waals surface area contributed by atoms with Gasteiger partial charge in [-0.2, -0.15) is 0 Å². The highest BCUT2D eigenvalue weighted by Gasteiger charge is 2.20. The smallest absolute Gasteiger partial charge is 0.0621 e. The van der Waals surface area contributed by atoms with E-state index in [-0.39, 0.29) is 0 Å². The van der Waals surface area contributed by atoms with Gasteiger partial charge in [-0.15, -0.1) is 0 Å². The van der Waals surface area contributed by atoms with Gasteiger partial charge in [0.15, 0.2) is 0 Å². The second-order valence-electron chi connectivity index (χ2n) is 3.35. The fourth-order valence-electron chi connectivity index (χ4n) is 1.55. The molecule has 1 rings (SSSR count). The van der Waals surface area contributed by atoms with Gasteiger partial charge in [-0.3, -0.25) is 0 Å². The average Bonchev–Trinajstić information content (AvgIpc) is 2.37. The maximum Gasteiger partial charge on any atom is 0.0621 e. The molecule has 0 N–H and O–H groups in total. The first-order valence-corrected chi connectivity index (χ1v) is 4.62. The Hall–Kier alpha value is -0.0800. The van der Waals surface area contributed by atoms with Gasteiger partial charge in [0.2, 0.25) is 0 Å². The standard InChI is InChI=1S/C9H19NO/c1-3-7-11-8-9-5-4-6-10(9)2/h9H,3-8H2,1-2H3. The number of ether oxygens (including phenoxy) is 1. The number of likely N-dealkylation sites (N-methyl/N-ethyl adjacent to an activating group) is 1. The van der Waals surface area contributed by atoms with Crippen LogP contribution in [0.1, 0.15) is 26.2 Å². The lowest BCUT2D eigenvalue weighted by Gasteiger charge is -2.18. The van der Waals surface area contributed by atoms with Crippen molar-refractivity contribution in [3.05, 3.63) is 0 Å². The van der Waals surface area contributed by atoms with Crippen LogP contribution in [0.5, 0.6) is 0 Å². The topological polar surface area (TPSA) is 12.5 Å². The van der Waals surface area contributed by atoms with Gasteiger partial charge in [-0.1, -0.05) is 6.92 Å². The maximum absolute atomic E-state index is 5.50. The van der Waals surface area contributed by atoms with E-state index in [0.29, 0.717) is 6.04 Å². The van der Waals surface area contributed by atoms with Gasteiger partial charge >= 0.3 is 0 Å². The predicted molar refractivity (Wildman–Crippen MR) is 46.8 cm³/mol. The molecule has 1 aliphatic rings. The molecule has 0 aromatic rings. The molecule has 2 nitrogen and oxygen atoms in total. The molecule has 1 heterocycles. The van der Waals surface area contributed by atoms with E-state index in [1.807, 2.05) is 0 Å². The van der Waals surface area contributed by atoms with Crippen LogP contribution >= 0.6 is 0 Å². The largest absolute Gasteiger partial charge is 0.380 e. The monoisotopic (exact) mass is 157 g/mol. The number of likely N-dealkylation sites (tertiary alicyclic amines) is 1. The summed E-state index contributed by atoms with van der Waals surface area (Å²) in [6, 6.07) is 0.696. The van der Waals surface area contributed by atoms with Gasteiger partial charge in [0, 0.05) is 12.6 Å². The zero-order valence-electron chi connectivity index (χ0n) is 7.68. The van der Waals surface area contributed by atoms with Gasteiger partial charge < -0.3 is 9.64 Å². The molecule has 1 unspecified atom stereocenters. The van der Waals surface area contributed by atoms with E-state index in [9.17, 15) is 0 Å². The Morgan fingerprint density at radius 3 is 2.91 bits per heavy atom. The number of rotatable bonds is 4. The quantitative estimate of drug-likeness (QED) is 0.573. The SMILES string of the molecule is CCCOCC1CCCN1C. The maximum atomic E-state index is 5.50. The van der Waals surface area contributed by atoms with Gasteiger partial charge in [0.05, 0.1) is 6.61 Å². The van der Waals surface area contributed by atoms with E-state index in [0.717, 1.165) is 19.6 Å². The van der Waals surface area contributed by atoms with Crippen LogP contribution in [-0.4, -0.2) is 37.7 Å². The molecule has 66 valence electrons. The zero-order chi connectivity index (χ0) is 8.10. The molecule has 0 amide bonds.